The van der Waals surface area contributed by atoms with Crippen LogP contribution in [0.3, 0.4) is 0 Å². The number of hydrogen-bond acceptors (Lipinski definition) is 5. The number of nitrogens with zero attached hydrogens (tertiary/aromatic N) is 1. The average molecular weight is 404 g/mol. The Balaban J connectivity index is 1.81. The monoisotopic (exact) mass is 403 g/mol. The molecule has 8 heteroatoms. The van der Waals surface area contributed by atoms with Crippen LogP contribution in [0.15, 0.2) is 41.5 Å². The van der Waals surface area contributed by atoms with E-state index in [1.54, 1.807) is 37.3 Å². The molecule has 148 valence electrons. The lowest BCUT2D eigenvalue weighted by molar-refractivity contribution is -0.124. The number of halogens is 1. The van der Waals surface area contributed by atoms with E-state index in [-0.39, 0.29) is 24.5 Å². The smallest absolute Gasteiger partial charge is 0.240 e. The van der Waals surface area contributed by atoms with Gasteiger partial charge in [0.25, 0.3) is 0 Å². The van der Waals surface area contributed by atoms with Crippen LogP contribution in [-0.4, -0.2) is 29.7 Å². The van der Waals surface area contributed by atoms with Gasteiger partial charge in [-0.05, 0) is 55.3 Å². The van der Waals surface area contributed by atoms with E-state index in [2.05, 4.69) is 15.8 Å². The Kier molecular flexibility index (Phi) is 7.83. The summed E-state index contributed by atoms with van der Waals surface area (Å²) in [6.45, 7) is 4.03. The van der Waals surface area contributed by atoms with Gasteiger partial charge in [0.05, 0.1) is 12.8 Å². The summed E-state index contributed by atoms with van der Waals surface area (Å²) in [5.74, 6) is -0.308. The Morgan fingerprint density at radius 3 is 2.71 bits per heavy atom. The van der Waals surface area contributed by atoms with Gasteiger partial charge in [-0.2, -0.15) is 5.10 Å². The molecule has 2 aromatic carbocycles. The lowest BCUT2D eigenvalue weighted by Gasteiger charge is -2.09. The molecule has 0 bridgehead atoms. The van der Waals surface area contributed by atoms with Crippen LogP contribution in [0, 0.1) is 6.92 Å². The number of benzene rings is 2. The van der Waals surface area contributed by atoms with Crippen molar-refractivity contribution in [1.82, 2.24) is 5.43 Å². The molecule has 0 saturated heterocycles. The summed E-state index contributed by atoms with van der Waals surface area (Å²) >= 11 is 6.02. The molecule has 0 aromatic heterocycles. The van der Waals surface area contributed by atoms with Crippen LogP contribution in [0.25, 0.3) is 0 Å². The van der Waals surface area contributed by atoms with Gasteiger partial charge in [-0.1, -0.05) is 17.7 Å². The number of carbonyl (C=O) groups excluding carboxylic acids is 2. The SMILES string of the molecule is CCOc1cc(/C=N/NC(=O)CCC(=O)Nc2cccc(Cl)c2C)ccc1O. The fourth-order valence-corrected chi connectivity index (χ4v) is 2.47. The Bertz CT molecular complexity index is 884. The first-order chi connectivity index (χ1) is 13.4. The normalized spacial score (nSPS) is 10.7. The summed E-state index contributed by atoms with van der Waals surface area (Å²) in [6, 6.07) is 9.95. The molecular formula is C20H22ClN3O4. The number of nitrogens with one attached hydrogen (secondary N) is 2. The van der Waals surface area contributed by atoms with Crippen molar-refractivity contribution in [3.8, 4) is 11.5 Å². The molecule has 0 aliphatic rings. The van der Waals surface area contributed by atoms with Crippen molar-refractivity contribution in [3.05, 3.63) is 52.5 Å². The van der Waals surface area contributed by atoms with Crippen LogP contribution in [0.2, 0.25) is 5.02 Å². The molecule has 0 saturated carbocycles. The quantitative estimate of drug-likeness (QED) is 0.463. The summed E-state index contributed by atoms with van der Waals surface area (Å²) in [7, 11) is 0. The van der Waals surface area contributed by atoms with Gasteiger partial charge >= 0.3 is 0 Å². The second-order valence-electron chi connectivity index (χ2n) is 5.91. The van der Waals surface area contributed by atoms with Gasteiger partial charge in [-0.3, -0.25) is 9.59 Å². The molecule has 0 spiro atoms. The predicted octanol–water partition coefficient (Wildman–Crippen LogP) is 3.62. The molecule has 2 amide bonds. The molecule has 2 aromatic rings. The first-order valence-electron chi connectivity index (χ1n) is 8.73. The number of rotatable bonds is 8. The maximum Gasteiger partial charge on any atom is 0.240 e. The van der Waals surface area contributed by atoms with E-state index in [0.29, 0.717) is 28.6 Å². The largest absolute Gasteiger partial charge is 0.504 e. The standard InChI is InChI=1S/C20H22ClN3O4/c1-3-28-18-11-14(7-8-17(18)25)12-22-24-20(27)10-9-19(26)23-16-6-4-5-15(21)13(16)2/h4-8,11-12,25H,3,9-10H2,1-2H3,(H,23,26)(H,24,27)/b22-12+. The fourth-order valence-electron chi connectivity index (χ4n) is 2.30. The van der Waals surface area contributed by atoms with E-state index in [1.807, 2.05) is 6.92 Å². The zero-order valence-electron chi connectivity index (χ0n) is 15.7. The van der Waals surface area contributed by atoms with Crippen LogP contribution >= 0.6 is 11.6 Å². The number of carbonyl (C=O) groups is 2. The van der Waals surface area contributed by atoms with Crippen LogP contribution in [0.5, 0.6) is 11.5 Å². The molecule has 7 nitrogen and oxygen atoms in total. The van der Waals surface area contributed by atoms with Gasteiger partial charge in [-0.15, -0.1) is 0 Å². The minimum absolute atomic E-state index is 0.0113. The maximum atomic E-state index is 12.0. The van der Waals surface area contributed by atoms with Crippen molar-refractivity contribution < 1.29 is 19.4 Å². The number of phenols is 1. The molecule has 3 N–H and O–H groups in total. The summed E-state index contributed by atoms with van der Waals surface area (Å²) < 4.78 is 5.28. The fraction of sp³-hybridized carbons (Fsp3) is 0.250. The number of hydrogen-bond donors (Lipinski definition) is 3. The van der Waals surface area contributed by atoms with E-state index in [9.17, 15) is 14.7 Å². The van der Waals surface area contributed by atoms with E-state index in [1.165, 1.54) is 12.3 Å². The van der Waals surface area contributed by atoms with E-state index in [4.69, 9.17) is 16.3 Å². The number of aromatic hydroxyl groups is 1. The van der Waals surface area contributed by atoms with Crippen molar-refractivity contribution in [2.75, 3.05) is 11.9 Å². The van der Waals surface area contributed by atoms with E-state index in [0.717, 1.165) is 5.56 Å². The van der Waals surface area contributed by atoms with Crippen LogP contribution in [0.1, 0.15) is 30.9 Å². The molecule has 0 aliphatic heterocycles. The Hall–Kier alpha value is -3.06. The van der Waals surface area contributed by atoms with Crippen LogP contribution in [0.4, 0.5) is 5.69 Å². The van der Waals surface area contributed by atoms with Crippen molar-refractivity contribution in [2.45, 2.75) is 26.7 Å². The third kappa shape index (κ3) is 6.28. The molecule has 0 aliphatic carbocycles. The van der Waals surface area contributed by atoms with Crippen molar-refractivity contribution >= 4 is 35.3 Å². The van der Waals surface area contributed by atoms with Gasteiger partial charge < -0.3 is 15.2 Å². The Labute approximate surface area is 168 Å². The van der Waals surface area contributed by atoms with Crippen LogP contribution < -0.4 is 15.5 Å². The molecule has 2 rings (SSSR count). The van der Waals surface area contributed by atoms with Gasteiger partial charge in [0.15, 0.2) is 11.5 Å². The van der Waals surface area contributed by atoms with Gasteiger partial charge in [0.1, 0.15) is 0 Å². The molecule has 0 unspecified atom stereocenters. The topological polar surface area (TPSA) is 100 Å². The maximum absolute atomic E-state index is 12.0. The van der Waals surface area contributed by atoms with Crippen molar-refractivity contribution in [3.63, 3.8) is 0 Å². The zero-order chi connectivity index (χ0) is 20.5. The van der Waals surface area contributed by atoms with Crippen molar-refractivity contribution in [2.24, 2.45) is 5.10 Å². The molecular weight excluding hydrogens is 382 g/mol. The van der Waals surface area contributed by atoms with E-state index < -0.39 is 5.91 Å². The lowest BCUT2D eigenvalue weighted by Crippen LogP contribution is -2.20. The molecule has 0 heterocycles. The van der Waals surface area contributed by atoms with Gasteiger partial charge in [0, 0.05) is 23.6 Å². The second kappa shape index (κ2) is 10.3. The molecule has 0 fully saturated rings. The van der Waals surface area contributed by atoms with Gasteiger partial charge in [0.2, 0.25) is 11.8 Å². The summed E-state index contributed by atoms with van der Waals surface area (Å²) in [5, 5.41) is 16.8. The third-order valence-corrected chi connectivity index (χ3v) is 4.22. The number of ether oxygens (including phenoxy) is 1. The number of amides is 2. The highest BCUT2D eigenvalue weighted by molar-refractivity contribution is 6.31. The molecule has 0 radical (unpaired) electrons. The third-order valence-electron chi connectivity index (χ3n) is 3.81. The minimum atomic E-state index is -0.391. The Morgan fingerprint density at radius 2 is 1.96 bits per heavy atom. The van der Waals surface area contributed by atoms with E-state index >= 15 is 0 Å². The summed E-state index contributed by atoms with van der Waals surface area (Å²) in [6.07, 6.45) is 1.43. The summed E-state index contributed by atoms with van der Waals surface area (Å²) in [4.78, 5) is 23.8. The minimum Gasteiger partial charge on any atom is -0.504 e. The second-order valence-corrected chi connectivity index (χ2v) is 6.32. The predicted molar refractivity (Wildman–Crippen MR) is 109 cm³/mol. The summed E-state index contributed by atoms with van der Waals surface area (Å²) in [5.41, 5.74) is 4.40. The lowest BCUT2D eigenvalue weighted by atomic mass is 10.2. The molecule has 28 heavy (non-hydrogen) atoms. The first-order valence-corrected chi connectivity index (χ1v) is 9.11. The highest BCUT2D eigenvalue weighted by Gasteiger charge is 2.09. The number of hydrazone groups is 1. The van der Waals surface area contributed by atoms with Crippen LogP contribution in [-0.2, 0) is 9.59 Å². The highest BCUT2D eigenvalue weighted by atomic mass is 35.5. The number of phenolic OH excluding ortho intramolecular Hbond substituents is 1. The molecule has 0 atom stereocenters. The zero-order valence-corrected chi connectivity index (χ0v) is 16.4. The highest BCUT2D eigenvalue weighted by Crippen LogP contribution is 2.26. The first kappa shape index (κ1) is 21.2. The number of anilines is 1. The average Bonchev–Trinajstić information content (AvgIpc) is 2.66. The van der Waals surface area contributed by atoms with Gasteiger partial charge in [-0.25, -0.2) is 5.43 Å². The van der Waals surface area contributed by atoms with Crippen molar-refractivity contribution in [1.29, 1.82) is 0 Å². The Morgan fingerprint density at radius 1 is 1.21 bits per heavy atom.